The first-order chi connectivity index (χ1) is 11.8. The Hall–Kier alpha value is -1.84. The molecule has 3 heteroatoms. The van der Waals surface area contributed by atoms with Crippen molar-refractivity contribution < 1.29 is 9.52 Å². The third-order valence-electron chi connectivity index (χ3n) is 4.46. The summed E-state index contributed by atoms with van der Waals surface area (Å²) in [7, 11) is 0. The van der Waals surface area contributed by atoms with Gasteiger partial charge in [-0.1, -0.05) is 37.3 Å². The minimum atomic E-state index is 0.116. The van der Waals surface area contributed by atoms with Gasteiger partial charge in [0.1, 0.15) is 0 Å². The first kappa shape index (κ1) is 18.5. The van der Waals surface area contributed by atoms with Crippen LogP contribution in [0.25, 0.3) is 6.08 Å². The van der Waals surface area contributed by atoms with Crippen LogP contribution >= 0.6 is 0 Å². The average Bonchev–Trinajstić information content (AvgIpc) is 3.16. The predicted molar refractivity (Wildman–Crippen MR) is 100.0 cm³/mol. The van der Waals surface area contributed by atoms with Gasteiger partial charge in [0.2, 0.25) is 0 Å². The molecule has 0 bridgehead atoms. The third kappa shape index (κ3) is 5.36. The summed E-state index contributed by atoms with van der Waals surface area (Å²) in [6.07, 6.45) is 11.4. The fraction of sp³-hybridized carbons (Fsp3) is 0.429. The van der Waals surface area contributed by atoms with Gasteiger partial charge < -0.3 is 14.8 Å². The number of aliphatic hydroxyl groups excluding tert-OH is 1. The molecule has 1 saturated heterocycles. The van der Waals surface area contributed by atoms with Gasteiger partial charge in [0.25, 0.3) is 0 Å². The number of aliphatic hydroxyl groups is 1. The highest BCUT2D eigenvalue weighted by Crippen LogP contribution is 2.24. The first-order valence-electron chi connectivity index (χ1n) is 8.85. The highest BCUT2D eigenvalue weighted by Gasteiger charge is 2.15. The zero-order valence-electron chi connectivity index (χ0n) is 14.8. The Balaban J connectivity index is 0.000000175. The number of aryl methyl sites for hydroxylation is 1. The second kappa shape index (κ2) is 10.1. The van der Waals surface area contributed by atoms with Crippen molar-refractivity contribution >= 4 is 6.08 Å². The standard InChI is InChI=1S/C12H16O.C9H13NO/c1-3-4-8-12-10(2)6-5-7-11(12)9-13;1-4-10-5-2-8(1)9-3-6-11-7-9/h4-8,13H,3,9H2,1-2H3;3,6-8,10H,1-2,4-5H2/b8-4-;. The zero-order valence-corrected chi connectivity index (χ0v) is 14.8. The molecule has 0 amide bonds. The molecule has 0 spiro atoms. The second-order valence-electron chi connectivity index (χ2n) is 6.20. The molecule has 1 aromatic heterocycles. The van der Waals surface area contributed by atoms with Gasteiger partial charge in [-0.25, -0.2) is 0 Å². The maximum atomic E-state index is 9.11. The Morgan fingerprint density at radius 3 is 2.67 bits per heavy atom. The fourth-order valence-electron chi connectivity index (χ4n) is 3.02. The molecule has 1 fully saturated rings. The SMILES string of the molecule is CC/C=C\c1c(C)cccc1CO.c1cc(C2CCNCC2)co1. The van der Waals surface area contributed by atoms with Crippen molar-refractivity contribution in [2.45, 2.75) is 45.6 Å². The van der Waals surface area contributed by atoms with Gasteiger partial charge in [-0.3, -0.25) is 0 Å². The van der Waals surface area contributed by atoms with Gasteiger partial charge in [0.15, 0.2) is 0 Å². The molecule has 0 saturated carbocycles. The van der Waals surface area contributed by atoms with E-state index in [4.69, 9.17) is 9.52 Å². The number of benzene rings is 1. The van der Waals surface area contributed by atoms with Gasteiger partial charge in [-0.2, -0.15) is 0 Å². The summed E-state index contributed by atoms with van der Waals surface area (Å²) in [6, 6.07) is 8.08. The van der Waals surface area contributed by atoms with Gasteiger partial charge in [-0.15, -0.1) is 0 Å². The molecule has 24 heavy (non-hydrogen) atoms. The molecule has 1 aliphatic heterocycles. The van der Waals surface area contributed by atoms with E-state index in [1.807, 2.05) is 18.4 Å². The molecule has 0 unspecified atom stereocenters. The van der Waals surface area contributed by atoms with Crippen molar-refractivity contribution in [1.82, 2.24) is 5.32 Å². The average molecular weight is 327 g/mol. The molecule has 1 aromatic carbocycles. The molecular weight excluding hydrogens is 298 g/mol. The van der Waals surface area contributed by atoms with Crippen LogP contribution in [0.5, 0.6) is 0 Å². The van der Waals surface area contributed by atoms with Crippen molar-refractivity contribution in [2.24, 2.45) is 0 Å². The van der Waals surface area contributed by atoms with Gasteiger partial charge in [0, 0.05) is 0 Å². The smallest absolute Gasteiger partial charge is 0.0937 e. The molecule has 0 atom stereocenters. The molecule has 3 rings (SSSR count). The van der Waals surface area contributed by atoms with Crippen molar-refractivity contribution in [2.75, 3.05) is 13.1 Å². The molecule has 3 nitrogen and oxygen atoms in total. The molecule has 2 N–H and O–H groups in total. The van der Waals surface area contributed by atoms with E-state index in [0.29, 0.717) is 0 Å². The number of allylic oxidation sites excluding steroid dienone is 1. The van der Waals surface area contributed by atoms with E-state index in [1.165, 1.54) is 24.0 Å². The largest absolute Gasteiger partial charge is 0.472 e. The summed E-state index contributed by atoms with van der Waals surface area (Å²) in [5, 5.41) is 12.5. The van der Waals surface area contributed by atoms with Crippen molar-refractivity contribution in [3.63, 3.8) is 0 Å². The van der Waals surface area contributed by atoms with Crippen LogP contribution in [0.2, 0.25) is 0 Å². The van der Waals surface area contributed by atoms with Crippen molar-refractivity contribution in [3.05, 3.63) is 65.1 Å². The summed E-state index contributed by atoms with van der Waals surface area (Å²) >= 11 is 0. The molecule has 130 valence electrons. The zero-order chi connectivity index (χ0) is 17.2. The van der Waals surface area contributed by atoms with E-state index in [0.717, 1.165) is 36.6 Å². The number of nitrogens with one attached hydrogen (secondary N) is 1. The molecule has 0 aliphatic carbocycles. The Morgan fingerprint density at radius 1 is 1.25 bits per heavy atom. The maximum absolute atomic E-state index is 9.11. The summed E-state index contributed by atoms with van der Waals surface area (Å²) < 4.78 is 5.05. The molecule has 2 heterocycles. The van der Waals surface area contributed by atoms with E-state index in [2.05, 4.69) is 43.4 Å². The Bertz CT molecular complexity index is 611. The summed E-state index contributed by atoms with van der Waals surface area (Å²) in [5.74, 6) is 0.731. The molecule has 1 aliphatic rings. The second-order valence-corrected chi connectivity index (χ2v) is 6.20. The van der Waals surface area contributed by atoms with Crippen LogP contribution in [0, 0.1) is 6.92 Å². The molecule has 2 aromatic rings. The fourth-order valence-corrected chi connectivity index (χ4v) is 3.02. The lowest BCUT2D eigenvalue weighted by atomic mass is 9.92. The summed E-state index contributed by atoms with van der Waals surface area (Å²) in [6.45, 7) is 6.58. The maximum Gasteiger partial charge on any atom is 0.0937 e. The normalized spacial score (nSPS) is 15.3. The molecule has 0 radical (unpaired) electrons. The molecular formula is C21H29NO2. The van der Waals surface area contributed by atoms with E-state index < -0.39 is 0 Å². The van der Waals surface area contributed by atoms with Crippen LogP contribution in [-0.4, -0.2) is 18.2 Å². The number of hydrogen-bond acceptors (Lipinski definition) is 3. The lowest BCUT2D eigenvalue weighted by Crippen LogP contribution is -2.26. The van der Waals surface area contributed by atoms with E-state index in [-0.39, 0.29) is 6.61 Å². The highest BCUT2D eigenvalue weighted by molar-refractivity contribution is 5.57. The first-order valence-corrected chi connectivity index (χ1v) is 8.85. The Kier molecular flexibility index (Phi) is 7.80. The minimum Gasteiger partial charge on any atom is -0.472 e. The van der Waals surface area contributed by atoms with E-state index in [1.54, 1.807) is 6.26 Å². The highest BCUT2D eigenvalue weighted by atomic mass is 16.3. The van der Waals surface area contributed by atoms with Gasteiger partial charge in [0.05, 0.1) is 19.1 Å². The van der Waals surface area contributed by atoms with Crippen LogP contribution < -0.4 is 5.32 Å². The third-order valence-corrected chi connectivity index (χ3v) is 4.46. The lowest BCUT2D eigenvalue weighted by molar-refractivity contribution is 0.281. The summed E-state index contributed by atoms with van der Waals surface area (Å²) in [4.78, 5) is 0. The number of hydrogen-bond donors (Lipinski definition) is 2. The van der Waals surface area contributed by atoms with Crippen molar-refractivity contribution in [3.8, 4) is 0 Å². The van der Waals surface area contributed by atoms with Crippen LogP contribution in [0.3, 0.4) is 0 Å². The van der Waals surface area contributed by atoms with Crippen LogP contribution in [0.15, 0.2) is 47.3 Å². The number of furan rings is 1. The van der Waals surface area contributed by atoms with Crippen molar-refractivity contribution in [1.29, 1.82) is 0 Å². The van der Waals surface area contributed by atoms with E-state index in [9.17, 15) is 0 Å². The Morgan fingerprint density at radius 2 is 2.04 bits per heavy atom. The monoisotopic (exact) mass is 327 g/mol. The van der Waals surface area contributed by atoms with Crippen LogP contribution in [0.1, 0.15) is 54.4 Å². The van der Waals surface area contributed by atoms with Gasteiger partial charge in [-0.05, 0) is 73.5 Å². The number of rotatable bonds is 4. The van der Waals surface area contributed by atoms with E-state index >= 15 is 0 Å². The number of piperidine rings is 1. The lowest BCUT2D eigenvalue weighted by Gasteiger charge is -2.20. The topological polar surface area (TPSA) is 45.4 Å². The quantitative estimate of drug-likeness (QED) is 0.858. The minimum absolute atomic E-state index is 0.116. The van der Waals surface area contributed by atoms with Crippen LogP contribution in [-0.2, 0) is 6.61 Å². The van der Waals surface area contributed by atoms with Crippen LogP contribution in [0.4, 0.5) is 0 Å². The predicted octanol–water partition coefficient (Wildman–Crippen LogP) is 4.66. The summed E-state index contributed by atoms with van der Waals surface area (Å²) in [5.41, 5.74) is 4.75. The van der Waals surface area contributed by atoms with Gasteiger partial charge >= 0.3 is 0 Å². The Labute approximate surface area is 145 Å².